The highest BCUT2D eigenvalue weighted by atomic mass is 16.3. The van der Waals surface area contributed by atoms with E-state index in [4.69, 9.17) is 4.42 Å². The van der Waals surface area contributed by atoms with Crippen LogP contribution in [0.3, 0.4) is 0 Å². The predicted molar refractivity (Wildman–Crippen MR) is 83.7 cm³/mol. The maximum atomic E-state index is 12.5. The number of Topliss-reactive ketones (excluding diaryl/α,β-unsaturated/α-hetero) is 1. The van der Waals surface area contributed by atoms with Gasteiger partial charge in [-0.3, -0.25) is 9.69 Å². The fraction of sp³-hybridized carbons (Fsp3) is 0.471. The maximum absolute atomic E-state index is 12.5. The molecule has 2 rings (SSSR count). The van der Waals surface area contributed by atoms with Crippen LogP contribution in [-0.2, 0) is 13.1 Å². The van der Waals surface area contributed by atoms with E-state index in [9.17, 15) is 4.79 Å². The van der Waals surface area contributed by atoms with E-state index < -0.39 is 0 Å². The summed E-state index contributed by atoms with van der Waals surface area (Å²) < 4.78 is 7.47. The Kier molecular flexibility index (Phi) is 4.68. The molecule has 4 nitrogen and oxygen atoms in total. The smallest absolute Gasteiger partial charge is 0.178 e. The topological polar surface area (TPSA) is 38.4 Å². The second-order valence-corrected chi connectivity index (χ2v) is 5.63. The second kappa shape index (κ2) is 6.31. The first-order valence-corrected chi connectivity index (χ1v) is 7.35. The van der Waals surface area contributed by atoms with Gasteiger partial charge in [-0.25, -0.2) is 0 Å². The summed E-state index contributed by atoms with van der Waals surface area (Å²) in [7, 11) is 1.96. The first-order valence-electron chi connectivity index (χ1n) is 7.35. The number of hydrogen-bond donors (Lipinski definition) is 0. The molecule has 0 aliphatic heterocycles. The molecule has 2 aromatic rings. The number of aryl methyl sites for hydroxylation is 2. The molecule has 0 spiro atoms. The van der Waals surface area contributed by atoms with Crippen molar-refractivity contribution in [1.82, 2.24) is 9.47 Å². The van der Waals surface area contributed by atoms with Gasteiger partial charge < -0.3 is 8.98 Å². The van der Waals surface area contributed by atoms with Crippen molar-refractivity contribution >= 4 is 5.78 Å². The zero-order valence-electron chi connectivity index (χ0n) is 13.6. The van der Waals surface area contributed by atoms with E-state index in [-0.39, 0.29) is 5.78 Å². The standard InChI is InChI=1S/C17H24N2O2/c1-6-19-12(2)9-16(13(19)3)17(20)11-18(5)10-15-7-8-21-14(15)4/h7-9H,6,10-11H2,1-5H3. The zero-order chi connectivity index (χ0) is 15.6. The summed E-state index contributed by atoms with van der Waals surface area (Å²) >= 11 is 0. The van der Waals surface area contributed by atoms with E-state index in [0.29, 0.717) is 6.54 Å². The van der Waals surface area contributed by atoms with Crippen LogP contribution in [0.25, 0.3) is 0 Å². The summed E-state index contributed by atoms with van der Waals surface area (Å²) in [6.45, 7) is 10.1. The molecule has 0 bridgehead atoms. The number of rotatable bonds is 6. The van der Waals surface area contributed by atoms with Gasteiger partial charge in [-0.15, -0.1) is 0 Å². The number of likely N-dealkylation sites (N-methyl/N-ethyl adjacent to an activating group) is 1. The summed E-state index contributed by atoms with van der Waals surface area (Å²) in [6.07, 6.45) is 1.69. The monoisotopic (exact) mass is 288 g/mol. The molecule has 114 valence electrons. The van der Waals surface area contributed by atoms with Gasteiger partial charge in [-0.2, -0.15) is 0 Å². The summed E-state index contributed by atoms with van der Waals surface area (Å²) in [5.74, 6) is 1.09. The van der Waals surface area contributed by atoms with Gasteiger partial charge in [0.2, 0.25) is 0 Å². The second-order valence-electron chi connectivity index (χ2n) is 5.63. The lowest BCUT2D eigenvalue weighted by Crippen LogP contribution is -2.26. The molecule has 0 unspecified atom stereocenters. The molecule has 0 saturated heterocycles. The summed E-state index contributed by atoms with van der Waals surface area (Å²) in [4.78, 5) is 14.5. The average Bonchev–Trinajstić information content (AvgIpc) is 2.93. The molecule has 0 aliphatic carbocycles. The minimum absolute atomic E-state index is 0.173. The highest BCUT2D eigenvalue weighted by molar-refractivity contribution is 5.99. The van der Waals surface area contributed by atoms with Crippen LogP contribution in [0.5, 0.6) is 0 Å². The number of furan rings is 1. The molecule has 0 amide bonds. The highest BCUT2D eigenvalue weighted by Crippen LogP contribution is 2.17. The SMILES string of the molecule is CCn1c(C)cc(C(=O)CN(C)Cc2ccoc2C)c1C. The molecule has 2 aromatic heterocycles. The van der Waals surface area contributed by atoms with E-state index in [0.717, 1.165) is 41.4 Å². The van der Waals surface area contributed by atoms with Gasteiger partial charge in [0.05, 0.1) is 12.8 Å². The Balaban J connectivity index is 2.06. The molecule has 0 radical (unpaired) electrons. The Bertz CT molecular complexity index is 637. The van der Waals surface area contributed by atoms with Crippen LogP contribution in [0.1, 0.15) is 40.0 Å². The van der Waals surface area contributed by atoms with Gasteiger partial charge in [-0.05, 0) is 46.9 Å². The molecular formula is C17H24N2O2. The lowest BCUT2D eigenvalue weighted by Gasteiger charge is -2.15. The molecular weight excluding hydrogens is 264 g/mol. The fourth-order valence-corrected chi connectivity index (χ4v) is 2.82. The van der Waals surface area contributed by atoms with Crippen molar-refractivity contribution in [2.24, 2.45) is 0 Å². The van der Waals surface area contributed by atoms with E-state index in [1.807, 2.05) is 44.9 Å². The average molecular weight is 288 g/mol. The van der Waals surface area contributed by atoms with Crippen molar-refractivity contribution in [3.63, 3.8) is 0 Å². The van der Waals surface area contributed by atoms with E-state index in [2.05, 4.69) is 11.5 Å². The third-order valence-corrected chi connectivity index (χ3v) is 4.01. The van der Waals surface area contributed by atoms with Gasteiger partial charge >= 0.3 is 0 Å². The number of ketones is 1. The van der Waals surface area contributed by atoms with Crippen molar-refractivity contribution < 1.29 is 9.21 Å². The van der Waals surface area contributed by atoms with Crippen molar-refractivity contribution in [2.75, 3.05) is 13.6 Å². The Morgan fingerprint density at radius 3 is 2.57 bits per heavy atom. The molecule has 4 heteroatoms. The van der Waals surface area contributed by atoms with Gasteiger partial charge in [0.25, 0.3) is 0 Å². The quantitative estimate of drug-likeness (QED) is 0.765. The Morgan fingerprint density at radius 2 is 2.05 bits per heavy atom. The van der Waals surface area contributed by atoms with Crippen LogP contribution in [0.15, 0.2) is 22.8 Å². The van der Waals surface area contributed by atoms with Crippen LogP contribution in [0.2, 0.25) is 0 Å². The van der Waals surface area contributed by atoms with Crippen LogP contribution >= 0.6 is 0 Å². The predicted octanol–water partition coefficient (Wildman–Crippen LogP) is 3.34. The third kappa shape index (κ3) is 3.27. The Morgan fingerprint density at radius 1 is 1.33 bits per heavy atom. The molecule has 0 aliphatic rings. The maximum Gasteiger partial charge on any atom is 0.178 e. The lowest BCUT2D eigenvalue weighted by molar-refractivity contribution is 0.0942. The first-order chi connectivity index (χ1) is 9.93. The zero-order valence-corrected chi connectivity index (χ0v) is 13.6. The van der Waals surface area contributed by atoms with Gasteiger partial charge in [0.15, 0.2) is 5.78 Å². The summed E-state index contributed by atoms with van der Waals surface area (Å²) in [5, 5.41) is 0. The minimum Gasteiger partial charge on any atom is -0.469 e. The largest absolute Gasteiger partial charge is 0.469 e. The molecule has 0 N–H and O–H groups in total. The summed E-state index contributed by atoms with van der Waals surface area (Å²) in [6, 6.07) is 3.96. The molecule has 0 atom stereocenters. The molecule has 21 heavy (non-hydrogen) atoms. The number of aromatic nitrogens is 1. The van der Waals surface area contributed by atoms with E-state index >= 15 is 0 Å². The van der Waals surface area contributed by atoms with E-state index in [1.54, 1.807) is 6.26 Å². The Hall–Kier alpha value is -1.81. The number of hydrogen-bond acceptors (Lipinski definition) is 3. The van der Waals surface area contributed by atoms with Crippen LogP contribution in [0.4, 0.5) is 0 Å². The van der Waals surface area contributed by atoms with Gasteiger partial charge in [0, 0.05) is 35.6 Å². The van der Waals surface area contributed by atoms with Crippen molar-refractivity contribution in [2.45, 2.75) is 40.8 Å². The molecule has 2 heterocycles. The van der Waals surface area contributed by atoms with E-state index in [1.165, 1.54) is 0 Å². The highest BCUT2D eigenvalue weighted by Gasteiger charge is 2.17. The van der Waals surface area contributed by atoms with Crippen LogP contribution < -0.4 is 0 Å². The molecule has 0 fully saturated rings. The minimum atomic E-state index is 0.173. The Labute approximate surface area is 126 Å². The number of carbonyl (C=O) groups is 1. The third-order valence-electron chi connectivity index (χ3n) is 4.01. The van der Waals surface area contributed by atoms with Crippen LogP contribution in [0, 0.1) is 20.8 Å². The summed E-state index contributed by atoms with van der Waals surface area (Å²) in [5.41, 5.74) is 4.18. The van der Waals surface area contributed by atoms with Crippen LogP contribution in [-0.4, -0.2) is 28.8 Å². The fourth-order valence-electron chi connectivity index (χ4n) is 2.82. The van der Waals surface area contributed by atoms with Crippen molar-refractivity contribution in [3.8, 4) is 0 Å². The first kappa shape index (κ1) is 15.6. The molecule has 0 saturated carbocycles. The van der Waals surface area contributed by atoms with Gasteiger partial charge in [0.1, 0.15) is 5.76 Å². The van der Waals surface area contributed by atoms with Gasteiger partial charge in [-0.1, -0.05) is 0 Å². The van der Waals surface area contributed by atoms with Crippen molar-refractivity contribution in [1.29, 1.82) is 0 Å². The van der Waals surface area contributed by atoms with Crippen molar-refractivity contribution in [3.05, 3.63) is 46.7 Å². The molecule has 0 aromatic carbocycles. The number of carbonyl (C=O) groups excluding carboxylic acids is 1. The number of nitrogens with zero attached hydrogens (tertiary/aromatic N) is 2. The lowest BCUT2D eigenvalue weighted by atomic mass is 10.1. The normalized spacial score (nSPS) is 11.3.